The minimum atomic E-state index is 0.127. The third-order valence-corrected chi connectivity index (χ3v) is 4.75. The van der Waals surface area contributed by atoms with Crippen molar-refractivity contribution in [3.05, 3.63) is 89.5 Å². The van der Waals surface area contributed by atoms with Gasteiger partial charge in [0.1, 0.15) is 30.5 Å². The summed E-state index contributed by atoms with van der Waals surface area (Å²) in [6.07, 6.45) is 2.20. The van der Waals surface area contributed by atoms with E-state index < -0.39 is 0 Å². The van der Waals surface area contributed by atoms with E-state index in [1.165, 1.54) is 5.56 Å². The van der Waals surface area contributed by atoms with Gasteiger partial charge in [0.05, 0.1) is 11.8 Å². The van der Waals surface area contributed by atoms with Crippen molar-refractivity contribution >= 4 is 5.71 Å². The van der Waals surface area contributed by atoms with Gasteiger partial charge < -0.3 is 19.6 Å². The smallest absolute Gasteiger partial charge is 0.130 e. The zero-order valence-electron chi connectivity index (χ0n) is 18.6. The molecular formula is C27H31NO3. The molecule has 0 aliphatic carbocycles. The Morgan fingerprint density at radius 3 is 2.26 bits per heavy atom. The molecule has 0 atom stereocenters. The fourth-order valence-corrected chi connectivity index (χ4v) is 3.19. The molecule has 0 aliphatic rings. The van der Waals surface area contributed by atoms with Crippen LogP contribution in [0.15, 0.2) is 72.8 Å². The topological polar surface area (TPSA) is 51.5 Å². The molecule has 0 aromatic heterocycles. The first-order valence-electron chi connectivity index (χ1n) is 10.8. The number of nitrogens with one attached hydrogen (secondary N) is 1. The summed E-state index contributed by atoms with van der Waals surface area (Å²) in [6.45, 7) is 6.95. The molecule has 0 saturated carbocycles. The minimum absolute atomic E-state index is 0.127. The van der Waals surface area contributed by atoms with Gasteiger partial charge in [0.15, 0.2) is 0 Å². The average molecular weight is 418 g/mol. The van der Waals surface area contributed by atoms with Gasteiger partial charge in [-0.3, -0.25) is 0 Å². The number of ether oxygens (including phenoxy) is 3. The lowest BCUT2D eigenvalue weighted by atomic mass is 10.1. The van der Waals surface area contributed by atoms with Gasteiger partial charge >= 0.3 is 0 Å². The van der Waals surface area contributed by atoms with Crippen LogP contribution in [0, 0.1) is 5.41 Å². The summed E-state index contributed by atoms with van der Waals surface area (Å²) in [4.78, 5) is 0. The zero-order valence-corrected chi connectivity index (χ0v) is 18.6. The van der Waals surface area contributed by atoms with Gasteiger partial charge in [-0.25, -0.2) is 0 Å². The molecule has 0 aliphatic heterocycles. The van der Waals surface area contributed by atoms with Crippen molar-refractivity contribution < 1.29 is 14.2 Å². The molecule has 4 nitrogen and oxygen atoms in total. The van der Waals surface area contributed by atoms with Crippen LogP contribution in [0.1, 0.15) is 43.9 Å². The van der Waals surface area contributed by atoms with Crippen LogP contribution in [0.3, 0.4) is 0 Å². The Morgan fingerprint density at radius 1 is 0.871 bits per heavy atom. The third-order valence-electron chi connectivity index (χ3n) is 4.75. The highest BCUT2D eigenvalue weighted by Gasteiger charge is 2.08. The number of hydrogen-bond acceptors (Lipinski definition) is 4. The van der Waals surface area contributed by atoms with Crippen LogP contribution < -0.4 is 14.2 Å². The monoisotopic (exact) mass is 417 g/mol. The summed E-state index contributed by atoms with van der Waals surface area (Å²) in [6, 6.07) is 23.5. The highest BCUT2D eigenvalue weighted by molar-refractivity contribution is 5.99. The summed E-state index contributed by atoms with van der Waals surface area (Å²) in [5.74, 6) is 2.44. The van der Waals surface area contributed by atoms with Gasteiger partial charge in [0.25, 0.3) is 0 Å². The number of benzene rings is 3. The number of hydrogen-bond donors (Lipinski definition) is 1. The van der Waals surface area contributed by atoms with E-state index in [9.17, 15) is 0 Å². The molecule has 0 radical (unpaired) electrons. The Bertz CT molecular complexity index is 966. The fraction of sp³-hybridized carbons (Fsp3) is 0.296. The van der Waals surface area contributed by atoms with E-state index in [2.05, 4.69) is 13.0 Å². The Morgan fingerprint density at radius 2 is 1.58 bits per heavy atom. The van der Waals surface area contributed by atoms with Crippen molar-refractivity contribution in [1.29, 1.82) is 5.41 Å². The molecule has 0 fully saturated rings. The standard InChI is InChI=1S/C27H31NO3/c1-4-8-23-13-16-25(17-27(23)31-20(2)3)29-18-21-11-14-24(15-12-21)30-19-26(28)22-9-6-5-7-10-22/h5-7,9-17,20,28H,4,8,18-19H2,1-3H3. The maximum absolute atomic E-state index is 8.13. The summed E-state index contributed by atoms with van der Waals surface area (Å²) in [5.41, 5.74) is 3.60. The summed E-state index contributed by atoms with van der Waals surface area (Å²) < 4.78 is 17.7. The van der Waals surface area contributed by atoms with Gasteiger partial charge in [-0.05, 0) is 55.2 Å². The Labute approximate surface area is 185 Å². The lowest BCUT2D eigenvalue weighted by molar-refractivity contribution is 0.237. The van der Waals surface area contributed by atoms with Crippen molar-refractivity contribution in [3.8, 4) is 17.2 Å². The van der Waals surface area contributed by atoms with Crippen LogP contribution in [0.25, 0.3) is 0 Å². The summed E-state index contributed by atoms with van der Waals surface area (Å²) >= 11 is 0. The molecule has 4 heteroatoms. The van der Waals surface area contributed by atoms with Crippen molar-refractivity contribution in [1.82, 2.24) is 0 Å². The first-order chi connectivity index (χ1) is 15.0. The molecule has 0 amide bonds. The van der Waals surface area contributed by atoms with Crippen LogP contribution >= 0.6 is 0 Å². The zero-order chi connectivity index (χ0) is 22.1. The number of aryl methyl sites for hydroxylation is 1. The molecule has 3 rings (SSSR count). The van der Waals surface area contributed by atoms with E-state index in [0.717, 1.165) is 41.2 Å². The van der Waals surface area contributed by atoms with Crippen molar-refractivity contribution in [2.24, 2.45) is 0 Å². The van der Waals surface area contributed by atoms with Gasteiger partial charge in [-0.15, -0.1) is 0 Å². The molecule has 0 unspecified atom stereocenters. The first kappa shape index (κ1) is 22.4. The summed E-state index contributed by atoms with van der Waals surface area (Å²) in [7, 11) is 0. The van der Waals surface area contributed by atoms with Gasteiger partial charge in [0.2, 0.25) is 0 Å². The molecule has 1 N–H and O–H groups in total. The van der Waals surface area contributed by atoms with Gasteiger partial charge in [-0.2, -0.15) is 0 Å². The molecule has 0 bridgehead atoms. The average Bonchev–Trinajstić information content (AvgIpc) is 2.78. The predicted molar refractivity (Wildman–Crippen MR) is 126 cm³/mol. The molecular weight excluding hydrogens is 386 g/mol. The first-order valence-corrected chi connectivity index (χ1v) is 10.8. The quantitative estimate of drug-likeness (QED) is 0.365. The van der Waals surface area contributed by atoms with E-state index >= 15 is 0 Å². The molecule has 0 heterocycles. The maximum Gasteiger partial charge on any atom is 0.130 e. The van der Waals surface area contributed by atoms with Crippen LogP contribution in [-0.4, -0.2) is 18.4 Å². The van der Waals surface area contributed by atoms with Crippen LogP contribution in [0.4, 0.5) is 0 Å². The largest absolute Gasteiger partial charge is 0.491 e. The van der Waals surface area contributed by atoms with E-state index in [-0.39, 0.29) is 12.7 Å². The van der Waals surface area contributed by atoms with Crippen LogP contribution in [0.2, 0.25) is 0 Å². The minimum Gasteiger partial charge on any atom is -0.491 e. The Balaban J connectivity index is 1.54. The second-order valence-corrected chi connectivity index (χ2v) is 7.75. The van der Waals surface area contributed by atoms with Crippen molar-refractivity contribution in [3.63, 3.8) is 0 Å². The van der Waals surface area contributed by atoms with Gasteiger partial charge in [0, 0.05) is 6.07 Å². The number of rotatable bonds is 11. The SMILES string of the molecule is CCCc1ccc(OCc2ccc(OCC(=N)c3ccccc3)cc2)cc1OC(C)C. The molecule has 162 valence electrons. The van der Waals surface area contributed by atoms with Gasteiger partial charge in [-0.1, -0.05) is 61.9 Å². The normalized spacial score (nSPS) is 10.7. The Hall–Kier alpha value is -3.27. The molecule has 3 aromatic carbocycles. The third kappa shape index (κ3) is 6.88. The molecule has 31 heavy (non-hydrogen) atoms. The fourth-order valence-electron chi connectivity index (χ4n) is 3.19. The van der Waals surface area contributed by atoms with E-state index in [4.69, 9.17) is 19.6 Å². The highest BCUT2D eigenvalue weighted by Crippen LogP contribution is 2.28. The van der Waals surface area contributed by atoms with E-state index in [1.807, 2.05) is 80.6 Å². The van der Waals surface area contributed by atoms with Crippen molar-refractivity contribution in [2.45, 2.75) is 46.3 Å². The van der Waals surface area contributed by atoms with E-state index in [1.54, 1.807) is 0 Å². The second-order valence-electron chi connectivity index (χ2n) is 7.75. The maximum atomic E-state index is 8.13. The van der Waals surface area contributed by atoms with E-state index in [0.29, 0.717) is 12.3 Å². The Kier molecular flexibility index (Phi) is 8.11. The lowest BCUT2D eigenvalue weighted by Crippen LogP contribution is -2.11. The lowest BCUT2D eigenvalue weighted by Gasteiger charge is -2.16. The molecule has 0 saturated heterocycles. The highest BCUT2D eigenvalue weighted by atomic mass is 16.5. The van der Waals surface area contributed by atoms with Crippen LogP contribution in [-0.2, 0) is 13.0 Å². The molecule has 0 spiro atoms. The van der Waals surface area contributed by atoms with Crippen LogP contribution in [0.5, 0.6) is 17.2 Å². The predicted octanol–water partition coefficient (Wildman–Crippen LogP) is 6.45. The molecule has 3 aromatic rings. The second kappa shape index (κ2) is 11.2. The summed E-state index contributed by atoms with van der Waals surface area (Å²) in [5, 5.41) is 8.13. The van der Waals surface area contributed by atoms with Crippen molar-refractivity contribution in [2.75, 3.05) is 6.61 Å².